The molecule has 0 N–H and O–H groups in total. The average Bonchev–Trinajstić information content (AvgIpc) is 2.79. The number of carbonyl (C=O) groups is 1. The molecule has 6 nitrogen and oxygen atoms in total. The number of aryl methyl sites for hydroxylation is 1. The van der Waals surface area contributed by atoms with Gasteiger partial charge in [-0.3, -0.25) is 4.79 Å². The number of rotatable bonds is 5. The maximum atomic E-state index is 13.5. The SMILES string of the molecule is Cc1cc(SCC(=O)N2CCN(S(=O)(=O)c3ccc(F)c(F)c3)CC2)nc2ccccc12. The second kappa shape index (κ2) is 9.13. The molecule has 1 fully saturated rings. The second-order valence-corrected chi connectivity index (χ2v) is 10.4. The van der Waals surface area contributed by atoms with Gasteiger partial charge in [0.1, 0.15) is 0 Å². The molecular weight excluding hydrogens is 456 g/mol. The minimum atomic E-state index is -3.96. The first-order chi connectivity index (χ1) is 15.3. The van der Waals surface area contributed by atoms with Crippen molar-refractivity contribution in [1.82, 2.24) is 14.2 Å². The standard InChI is InChI=1S/C22H21F2N3O3S2/c1-15-12-21(25-20-5-3-2-4-17(15)20)31-14-22(28)26-8-10-27(11-9-26)32(29,30)16-6-7-18(23)19(24)13-16/h2-7,12-13H,8-11,14H2,1H3. The summed E-state index contributed by atoms with van der Waals surface area (Å²) in [5.41, 5.74) is 1.96. The first kappa shape index (κ1) is 22.6. The molecule has 2 heterocycles. The molecule has 32 heavy (non-hydrogen) atoms. The Balaban J connectivity index is 1.36. The van der Waals surface area contributed by atoms with Crippen molar-refractivity contribution in [1.29, 1.82) is 0 Å². The van der Waals surface area contributed by atoms with E-state index in [9.17, 15) is 22.0 Å². The van der Waals surface area contributed by atoms with E-state index in [0.29, 0.717) is 6.07 Å². The summed E-state index contributed by atoms with van der Waals surface area (Å²) in [4.78, 5) is 18.5. The molecule has 1 aromatic heterocycles. The fraction of sp³-hybridized carbons (Fsp3) is 0.273. The lowest BCUT2D eigenvalue weighted by molar-refractivity contribution is -0.129. The van der Waals surface area contributed by atoms with Gasteiger partial charge in [-0.2, -0.15) is 4.31 Å². The van der Waals surface area contributed by atoms with Crippen LogP contribution in [0.15, 0.2) is 58.5 Å². The van der Waals surface area contributed by atoms with E-state index in [4.69, 9.17) is 0 Å². The summed E-state index contributed by atoms with van der Waals surface area (Å²) in [6.07, 6.45) is 0. The van der Waals surface area contributed by atoms with Gasteiger partial charge >= 0.3 is 0 Å². The van der Waals surface area contributed by atoms with Crippen LogP contribution in [0.25, 0.3) is 10.9 Å². The van der Waals surface area contributed by atoms with Crippen LogP contribution >= 0.6 is 11.8 Å². The summed E-state index contributed by atoms with van der Waals surface area (Å²) >= 11 is 1.35. The first-order valence-electron chi connectivity index (χ1n) is 9.98. The molecule has 10 heteroatoms. The largest absolute Gasteiger partial charge is 0.339 e. The summed E-state index contributed by atoms with van der Waals surface area (Å²) in [6, 6.07) is 12.3. The predicted molar refractivity (Wildman–Crippen MR) is 119 cm³/mol. The Bertz CT molecular complexity index is 1280. The van der Waals surface area contributed by atoms with Crippen molar-refractivity contribution in [3.63, 3.8) is 0 Å². The molecule has 0 atom stereocenters. The van der Waals surface area contributed by atoms with E-state index in [0.717, 1.165) is 33.6 Å². The topological polar surface area (TPSA) is 70.6 Å². The van der Waals surface area contributed by atoms with E-state index in [1.165, 1.54) is 16.1 Å². The zero-order valence-corrected chi connectivity index (χ0v) is 18.9. The summed E-state index contributed by atoms with van der Waals surface area (Å²) in [7, 11) is -3.96. The first-order valence-corrected chi connectivity index (χ1v) is 12.4. The quantitative estimate of drug-likeness (QED) is 0.527. The second-order valence-electron chi connectivity index (χ2n) is 7.44. The fourth-order valence-corrected chi connectivity index (χ4v) is 5.90. The van der Waals surface area contributed by atoms with Gasteiger partial charge in [0.25, 0.3) is 0 Å². The highest BCUT2D eigenvalue weighted by Gasteiger charge is 2.30. The number of pyridine rings is 1. The molecule has 168 valence electrons. The third kappa shape index (κ3) is 4.62. The Morgan fingerprint density at radius 2 is 1.75 bits per heavy atom. The molecule has 0 bridgehead atoms. The number of amides is 1. The Morgan fingerprint density at radius 1 is 1.03 bits per heavy atom. The van der Waals surface area contributed by atoms with Crippen molar-refractivity contribution in [2.75, 3.05) is 31.9 Å². The van der Waals surface area contributed by atoms with Crippen LogP contribution in [0.5, 0.6) is 0 Å². The van der Waals surface area contributed by atoms with Gasteiger partial charge in [0.15, 0.2) is 11.6 Å². The van der Waals surface area contributed by atoms with Crippen LogP contribution in [0.3, 0.4) is 0 Å². The number of fused-ring (bicyclic) bond motifs is 1. The summed E-state index contributed by atoms with van der Waals surface area (Å²) in [6.45, 7) is 2.64. The maximum Gasteiger partial charge on any atom is 0.243 e. The van der Waals surface area contributed by atoms with E-state index < -0.39 is 21.7 Å². The Kier molecular flexibility index (Phi) is 6.45. The minimum Gasteiger partial charge on any atom is -0.339 e. The number of carbonyl (C=O) groups excluding carboxylic acids is 1. The van der Waals surface area contributed by atoms with E-state index in [1.54, 1.807) is 4.90 Å². The Labute approximate surface area is 189 Å². The molecule has 0 radical (unpaired) electrons. The van der Waals surface area contributed by atoms with Crippen molar-refractivity contribution in [3.05, 3.63) is 65.7 Å². The fourth-order valence-electron chi connectivity index (χ4n) is 3.58. The van der Waals surface area contributed by atoms with Gasteiger partial charge in [-0.15, -0.1) is 0 Å². The van der Waals surface area contributed by atoms with Crippen LogP contribution in [-0.2, 0) is 14.8 Å². The number of aromatic nitrogens is 1. The monoisotopic (exact) mass is 477 g/mol. The van der Waals surface area contributed by atoms with Gasteiger partial charge < -0.3 is 4.90 Å². The highest BCUT2D eigenvalue weighted by molar-refractivity contribution is 7.99. The van der Waals surface area contributed by atoms with E-state index >= 15 is 0 Å². The molecule has 1 aliphatic heterocycles. The molecule has 1 amide bonds. The molecule has 2 aromatic carbocycles. The van der Waals surface area contributed by atoms with Crippen LogP contribution in [0, 0.1) is 18.6 Å². The van der Waals surface area contributed by atoms with Gasteiger partial charge in [-0.05, 0) is 42.8 Å². The number of thioether (sulfide) groups is 1. The molecule has 3 aromatic rings. The Morgan fingerprint density at radius 3 is 2.47 bits per heavy atom. The number of benzene rings is 2. The van der Waals surface area contributed by atoms with Gasteiger partial charge in [-0.1, -0.05) is 30.0 Å². The minimum absolute atomic E-state index is 0.0884. The lowest BCUT2D eigenvalue weighted by atomic mass is 10.1. The molecule has 0 saturated carbocycles. The number of para-hydroxylation sites is 1. The lowest BCUT2D eigenvalue weighted by Crippen LogP contribution is -2.51. The van der Waals surface area contributed by atoms with E-state index in [2.05, 4.69) is 4.98 Å². The normalized spacial score (nSPS) is 15.3. The van der Waals surface area contributed by atoms with Gasteiger partial charge in [-0.25, -0.2) is 22.2 Å². The smallest absolute Gasteiger partial charge is 0.243 e. The summed E-state index contributed by atoms with van der Waals surface area (Å²) < 4.78 is 53.2. The summed E-state index contributed by atoms with van der Waals surface area (Å²) in [5.74, 6) is -2.23. The van der Waals surface area contributed by atoms with Crippen molar-refractivity contribution in [2.24, 2.45) is 0 Å². The molecule has 1 saturated heterocycles. The number of hydrogen-bond donors (Lipinski definition) is 0. The average molecular weight is 478 g/mol. The Hall–Kier alpha value is -2.56. The van der Waals surface area contributed by atoms with E-state index in [-0.39, 0.29) is 42.7 Å². The van der Waals surface area contributed by atoms with Crippen LogP contribution in [0.4, 0.5) is 8.78 Å². The molecule has 0 spiro atoms. The van der Waals surface area contributed by atoms with Crippen molar-refractivity contribution < 1.29 is 22.0 Å². The van der Waals surface area contributed by atoms with Crippen LogP contribution in [-0.4, -0.2) is 60.4 Å². The van der Waals surface area contributed by atoms with Crippen LogP contribution < -0.4 is 0 Å². The molecule has 4 rings (SSSR count). The number of piperazine rings is 1. The van der Waals surface area contributed by atoms with Gasteiger partial charge in [0.2, 0.25) is 15.9 Å². The number of hydrogen-bond acceptors (Lipinski definition) is 5. The zero-order chi connectivity index (χ0) is 22.9. The molecular formula is C22H21F2N3O3S2. The highest BCUT2D eigenvalue weighted by Crippen LogP contribution is 2.24. The number of halogens is 2. The number of nitrogens with zero attached hydrogens (tertiary/aromatic N) is 3. The van der Waals surface area contributed by atoms with Crippen molar-refractivity contribution in [2.45, 2.75) is 16.8 Å². The third-order valence-electron chi connectivity index (χ3n) is 5.36. The van der Waals surface area contributed by atoms with Gasteiger partial charge in [0, 0.05) is 31.6 Å². The zero-order valence-electron chi connectivity index (χ0n) is 17.3. The summed E-state index contributed by atoms with van der Waals surface area (Å²) in [5, 5.41) is 1.83. The van der Waals surface area contributed by atoms with Gasteiger partial charge in [0.05, 0.1) is 21.2 Å². The van der Waals surface area contributed by atoms with E-state index in [1.807, 2.05) is 37.3 Å². The highest BCUT2D eigenvalue weighted by atomic mass is 32.2. The molecule has 1 aliphatic rings. The van der Waals surface area contributed by atoms with Crippen LogP contribution in [0.2, 0.25) is 0 Å². The molecule has 0 aliphatic carbocycles. The maximum absolute atomic E-state index is 13.5. The van der Waals surface area contributed by atoms with Crippen molar-refractivity contribution in [3.8, 4) is 0 Å². The van der Waals surface area contributed by atoms with Crippen LogP contribution in [0.1, 0.15) is 5.56 Å². The molecule has 0 unspecified atom stereocenters. The predicted octanol–water partition coefficient (Wildman–Crippen LogP) is 3.45. The van der Waals surface area contributed by atoms with Crippen molar-refractivity contribution >= 4 is 38.6 Å². The lowest BCUT2D eigenvalue weighted by Gasteiger charge is -2.34. The third-order valence-corrected chi connectivity index (χ3v) is 8.15. The number of sulfonamides is 1.